The van der Waals surface area contributed by atoms with Crippen LogP contribution in [0, 0.1) is 11.8 Å². The lowest BCUT2D eigenvalue weighted by atomic mass is 9.74. The van der Waals surface area contributed by atoms with E-state index < -0.39 is 0 Å². The molecule has 1 fully saturated rings. The van der Waals surface area contributed by atoms with Crippen molar-refractivity contribution in [2.45, 2.75) is 52.0 Å². The predicted octanol–water partition coefficient (Wildman–Crippen LogP) is 2.17. The van der Waals surface area contributed by atoms with Crippen LogP contribution in [0.15, 0.2) is 0 Å². The van der Waals surface area contributed by atoms with E-state index in [0.29, 0.717) is 6.61 Å². The predicted molar refractivity (Wildman–Crippen MR) is 60.3 cm³/mol. The lowest BCUT2D eigenvalue weighted by Crippen LogP contribution is -2.43. The minimum absolute atomic E-state index is 0.346. The first-order chi connectivity index (χ1) is 6.74. The van der Waals surface area contributed by atoms with Gasteiger partial charge in [0.25, 0.3) is 0 Å². The molecule has 0 bridgehead atoms. The van der Waals surface area contributed by atoms with Gasteiger partial charge in [-0.25, -0.2) is 0 Å². The van der Waals surface area contributed by atoms with Gasteiger partial charge < -0.3 is 10.4 Å². The zero-order chi connectivity index (χ0) is 10.4. The summed E-state index contributed by atoms with van der Waals surface area (Å²) in [5, 5.41) is 12.2. The van der Waals surface area contributed by atoms with Crippen molar-refractivity contribution in [3.63, 3.8) is 0 Å². The molecule has 1 rings (SSSR count). The third kappa shape index (κ3) is 3.97. The first kappa shape index (κ1) is 12.0. The van der Waals surface area contributed by atoms with Crippen molar-refractivity contribution >= 4 is 0 Å². The second-order valence-electron chi connectivity index (χ2n) is 4.91. The van der Waals surface area contributed by atoms with Gasteiger partial charge in [-0.15, -0.1) is 0 Å². The van der Waals surface area contributed by atoms with Crippen LogP contribution >= 0.6 is 0 Å². The Morgan fingerprint density at radius 1 is 1.21 bits per heavy atom. The molecule has 0 spiro atoms. The van der Waals surface area contributed by atoms with E-state index in [1.807, 2.05) is 0 Å². The fourth-order valence-electron chi connectivity index (χ4n) is 2.09. The highest BCUT2D eigenvalue weighted by atomic mass is 16.2. The highest BCUT2D eigenvalue weighted by molar-refractivity contribution is 4.86. The summed E-state index contributed by atoms with van der Waals surface area (Å²) in [6.07, 6.45) is 6.07. The number of unbranched alkanes of at least 4 members (excludes halogenated alkanes) is 2. The number of nitrogens with one attached hydrogen (secondary N) is 1. The molecule has 0 aromatic rings. The smallest absolute Gasteiger partial charge is 0.0431 e. The Bertz CT molecular complexity index is 141. The van der Waals surface area contributed by atoms with Gasteiger partial charge in [0.15, 0.2) is 0 Å². The minimum atomic E-state index is 0.346. The minimum Gasteiger partial charge on any atom is -0.396 e. The molecule has 1 aliphatic carbocycles. The van der Waals surface area contributed by atoms with Gasteiger partial charge in [0.05, 0.1) is 0 Å². The Morgan fingerprint density at radius 2 is 1.93 bits per heavy atom. The van der Waals surface area contributed by atoms with Gasteiger partial charge >= 0.3 is 0 Å². The molecule has 0 amide bonds. The van der Waals surface area contributed by atoms with Gasteiger partial charge in [0, 0.05) is 12.6 Å². The topological polar surface area (TPSA) is 32.3 Å². The average Bonchev–Trinajstić information content (AvgIpc) is 2.06. The van der Waals surface area contributed by atoms with Gasteiger partial charge in [-0.3, -0.25) is 0 Å². The maximum Gasteiger partial charge on any atom is 0.0431 e. The van der Waals surface area contributed by atoms with Gasteiger partial charge in [0.2, 0.25) is 0 Å². The van der Waals surface area contributed by atoms with Gasteiger partial charge in [-0.1, -0.05) is 13.8 Å². The van der Waals surface area contributed by atoms with Crippen LogP contribution in [0.1, 0.15) is 46.0 Å². The van der Waals surface area contributed by atoms with Gasteiger partial charge in [-0.2, -0.15) is 0 Å². The zero-order valence-electron chi connectivity index (χ0n) is 9.63. The van der Waals surface area contributed by atoms with Crippen molar-refractivity contribution < 1.29 is 5.11 Å². The highest BCUT2D eigenvalue weighted by Gasteiger charge is 2.30. The van der Waals surface area contributed by atoms with Crippen LogP contribution in [-0.4, -0.2) is 24.3 Å². The van der Waals surface area contributed by atoms with Crippen molar-refractivity contribution in [3.8, 4) is 0 Å². The van der Waals surface area contributed by atoms with Crippen LogP contribution in [0.4, 0.5) is 0 Å². The molecular weight excluding hydrogens is 174 g/mol. The summed E-state index contributed by atoms with van der Waals surface area (Å²) in [4.78, 5) is 0. The lowest BCUT2D eigenvalue weighted by Gasteiger charge is -2.38. The van der Waals surface area contributed by atoms with E-state index in [1.54, 1.807) is 0 Å². The Hall–Kier alpha value is -0.0800. The molecule has 0 unspecified atom stereocenters. The lowest BCUT2D eigenvalue weighted by molar-refractivity contribution is 0.168. The molecule has 0 aromatic heterocycles. The van der Waals surface area contributed by atoms with E-state index in [0.717, 1.165) is 37.3 Å². The molecule has 0 aromatic carbocycles. The highest BCUT2D eigenvalue weighted by Crippen LogP contribution is 2.33. The first-order valence-corrected chi connectivity index (χ1v) is 6.08. The molecule has 0 atom stereocenters. The molecule has 1 aliphatic rings. The Labute approximate surface area is 88.1 Å². The maximum atomic E-state index is 8.61. The summed E-state index contributed by atoms with van der Waals surface area (Å²) in [6, 6.07) is 0.788. The molecular formula is C12H25NO. The second kappa shape index (κ2) is 6.41. The number of rotatable bonds is 7. The summed E-state index contributed by atoms with van der Waals surface area (Å²) in [7, 11) is 0. The molecule has 2 N–H and O–H groups in total. The van der Waals surface area contributed by atoms with E-state index in [2.05, 4.69) is 19.2 Å². The summed E-state index contributed by atoms with van der Waals surface area (Å²) in [6.45, 7) is 6.12. The summed E-state index contributed by atoms with van der Waals surface area (Å²) in [5.41, 5.74) is 0. The van der Waals surface area contributed by atoms with E-state index in [1.165, 1.54) is 19.3 Å². The number of hydrogen-bond donors (Lipinski definition) is 2. The SMILES string of the molecule is CC(C)C1CC(NCCCCCO)C1. The van der Waals surface area contributed by atoms with Crippen LogP contribution in [0.25, 0.3) is 0 Å². The third-order valence-corrected chi connectivity index (χ3v) is 3.39. The van der Waals surface area contributed by atoms with Crippen LogP contribution in [-0.2, 0) is 0 Å². The fraction of sp³-hybridized carbons (Fsp3) is 1.00. The summed E-state index contributed by atoms with van der Waals surface area (Å²) in [5.74, 6) is 1.83. The molecule has 2 heteroatoms. The first-order valence-electron chi connectivity index (χ1n) is 6.08. The van der Waals surface area contributed by atoms with Crippen molar-refractivity contribution in [3.05, 3.63) is 0 Å². The van der Waals surface area contributed by atoms with Gasteiger partial charge in [0.1, 0.15) is 0 Å². The molecule has 84 valence electrons. The Balaban J connectivity index is 1.86. The Kier molecular flexibility index (Phi) is 5.49. The standard InChI is InChI=1S/C12H25NO/c1-10(2)11-8-12(9-11)13-6-4-3-5-7-14/h10-14H,3-9H2,1-2H3. The quantitative estimate of drug-likeness (QED) is 0.616. The zero-order valence-corrected chi connectivity index (χ0v) is 9.63. The maximum absolute atomic E-state index is 8.61. The molecule has 0 aliphatic heterocycles. The molecule has 0 heterocycles. The molecule has 0 saturated heterocycles. The van der Waals surface area contributed by atoms with Crippen LogP contribution in [0.2, 0.25) is 0 Å². The number of aliphatic hydroxyl groups is 1. The van der Waals surface area contributed by atoms with Crippen molar-refractivity contribution in [2.24, 2.45) is 11.8 Å². The monoisotopic (exact) mass is 199 g/mol. The number of hydrogen-bond acceptors (Lipinski definition) is 2. The number of aliphatic hydroxyl groups excluding tert-OH is 1. The van der Waals surface area contributed by atoms with Crippen LogP contribution in [0.3, 0.4) is 0 Å². The average molecular weight is 199 g/mol. The van der Waals surface area contributed by atoms with Crippen LogP contribution < -0.4 is 5.32 Å². The van der Waals surface area contributed by atoms with Crippen LogP contribution in [0.5, 0.6) is 0 Å². The van der Waals surface area contributed by atoms with E-state index in [4.69, 9.17) is 5.11 Å². The molecule has 14 heavy (non-hydrogen) atoms. The molecule has 1 saturated carbocycles. The second-order valence-corrected chi connectivity index (χ2v) is 4.91. The van der Waals surface area contributed by atoms with E-state index in [9.17, 15) is 0 Å². The largest absolute Gasteiger partial charge is 0.396 e. The Morgan fingerprint density at radius 3 is 2.50 bits per heavy atom. The van der Waals surface area contributed by atoms with Crippen molar-refractivity contribution in [1.29, 1.82) is 0 Å². The van der Waals surface area contributed by atoms with Crippen molar-refractivity contribution in [1.82, 2.24) is 5.32 Å². The third-order valence-electron chi connectivity index (χ3n) is 3.39. The van der Waals surface area contributed by atoms with E-state index in [-0.39, 0.29) is 0 Å². The normalized spacial score (nSPS) is 26.6. The van der Waals surface area contributed by atoms with Gasteiger partial charge in [-0.05, 0) is 50.5 Å². The molecule has 2 nitrogen and oxygen atoms in total. The summed E-state index contributed by atoms with van der Waals surface area (Å²) >= 11 is 0. The summed E-state index contributed by atoms with van der Waals surface area (Å²) < 4.78 is 0. The fourth-order valence-corrected chi connectivity index (χ4v) is 2.09. The van der Waals surface area contributed by atoms with Crippen molar-refractivity contribution in [2.75, 3.05) is 13.2 Å². The molecule has 0 radical (unpaired) electrons. The van der Waals surface area contributed by atoms with E-state index >= 15 is 0 Å².